The van der Waals surface area contributed by atoms with Crippen LogP contribution in [0, 0.1) is 0 Å². The van der Waals surface area contributed by atoms with E-state index in [4.69, 9.17) is 0 Å². The van der Waals surface area contributed by atoms with E-state index < -0.39 is 0 Å². The molecule has 0 saturated carbocycles. The second-order valence-electron chi connectivity index (χ2n) is 4.00. The number of aryl methyl sites for hydroxylation is 1. The van der Waals surface area contributed by atoms with E-state index in [1.165, 1.54) is 11.1 Å². The van der Waals surface area contributed by atoms with Crippen molar-refractivity contribution in [3.05, 3.63) is 65.0 Å². The van der Waals surface area contributed by atoms with E-state index in [0.717, 1.165) is 18.4 Å². The van der Waals surface area contributed by atoms with E-state index >= 15 is 0 Å². The van der Waals surface area contributed by atoms with Gasteiger partial charge in [-0.2, -0.15) is 0 Å². The fraction of sp³-hybridized carbons (Fsp3) is 0.200. The van der Waals surface area contributed by atoms with Gasteiger partial charge in [0.2, 0.25) is 0 Å². The third-order valence-electron chi connectivity index (χ3n) is 2.86. The van der Waals surface area contributed by atoms with Crippen molar-refractivity contribution < 1.29 is 4.79 Å². The van der Waals surface area contributed by atoms with E-state index in [1.807, 2.05) is 0 Å². The van der Waals surface area contributed by atoms with Crippen molar-refractivity contribution in [2.45, 2.75) is 19.8 Å². The Morgan fingerprint density at radius 2 is 1.82 bits per heavy atom. The van der Waals surface area contributed by atoms with Crippen LogP contribution in [0.4, 0.5) is 0 Å². The van der Waals surface area contributed by atoms with Crippen molar-refractivity contribution in [3.63, 3.8) is 0 Å². The fourth-order valence-electron chi connectivity index (χ4n) is 1.79. The Morgan fingerprint density at radius 3 is 2.47 bits per heavy atom. The van der Waals surface area contributed by atoms with Gasteiger partial charge < -0.3 is 0 Å². The summed E-state index contributed by atoms with van der Waals surface area (Å²) in [5.74, 6) is 0. The van der Waals surface area contributed by atoms with Crippen molar-refractivity contribution in [3.8, 4) is 0 Å². The van der Waals surface area contributed by atoms with Gasteiger partial charge in [-0.25, -0.2) is 0 Å². The zero-order chi connectivity index (χ0) is 12.1. The van der Waals surface area contributed by atoms with Gasteiger partial charge in [-0.05, 0) is 29.7 Å². The molecule has 1 aromatic carbocycles. The van der Waals surface area contributed by atoms with Gasteiger partial charge in [-0.1, -0.05) is 31.2 Å². The molecule has 2 aromatic rings. The molecule has 0 aliphatic rings. The van der Waals surface area contributed by atoms with Crippen LogP contribution in [0.5, 0.6) is 0 Å². The predicted octanol–water partition coefficient (Wildman–Crippen LogP) is 3.05. The van der Waals surface area contributed by atoms with Gasteiger partial charge in [0.15, 0.2) is 6.29 Å². The van der Waals surface area contributed by atoms with Crippen LogP contribution in [-0.2, 0) is 12.8 Å². The highest BCUT2D eigenvalue weighted by atomic mass is 16.1. The summed E-state index contributed by atoms with van der Waals surface area (Å²) in [6.07, 6.45) is 4.34. The zero-order valence-corrected chi connectivity index (χ0v) is 9.89. The standard InChI is InChI=1S/C15H15NO/c1-2-12-5-7-13(8-6-12)10-15-14(11-17)4-3-9-16-15/h3-9,11H,2,10H2,1H3. The van der Waals surface area contributed by atoms with Crippen molar-refractivity contribution in [1.29, 1.82) is 0 Å². The lowest BCUT2D eigenvalue weighted by atomic mass is 10.0. The second kappa shape index (κ2) is 5.39. The minimum Gasteiger partial charge on any atom is -0.298 e. The van der Waals surface area contributed by atoms with Gasteiger partial charge in [0.1, 0.15) is 0 Å². The molecule has 0 unspecified atom stereocenters. The van der Waals surface area contributed by atoms with Gasteiger partial charge in [0.25, 0.3) is 0 Å². The normalized spacial score (nSPS) is 10.2. The lowest BCUT2D eigenvalue weighted by molar-refractivity contribution is 0.112. The van der Waals surface area contributed by atoms with Gasteiger partial charge in [0, 0.05) is 18.2 Å². The van der Waals surface area contributed by atoms with Crippen LogP contribution in [0.25, 0.3) is 0 Å². The second-order valence-corrected chi connectivity index (χ2v) is 4.00. The van der Waals surface area contributed by atoms with E-state index in [1.54, 1.807) is 18.3 Å². The Morgan fingerprint density at radius 1 is 1.12 bits per heavy atom. The number of benzene rings is 1. The number of aromatic nitrogens is 1. The molecule has 0 atom stereocenters. The van der Waals surface area contributed by atoms with Crippen LogP contribution < -0.4 is 0 Å². The average Bonchev–Trinajstić information content (AvgIpc) is 2.40. The maximum Gasteiger partial charge on any atom is 0.151 e. The lowest BCUT2D eigenvalue weighted by Crippen LogP contribution is -1.97. The highest BCUT2D eigenvalue weighted by molar-refractivity contribution is 5.76. The molecule has 2 heteroatoms. The Bertz CT molecular complexity index is 503. The van der Waals surface area contributed by atoms with Crippen LogP contribution >= 0.6 is 0 Å². The third-order valence-corrected chi connectivity index (χ3v) is 2.86. The van der Waals surface area contributed by atoms with Gasteiger partial charge in [-0.3, -0.25) is 9.78 Å². The van der Waals surface area contributed by atoms with E-state index in [-0.39, 0.29) is 0 Å². The highest BCUT2D eigenvalue weighted by Gasteiger charge is 2.03. The van der Waals surface area contributed by atoms with Crippen molar-refractivity contribution in [1.82, 2.24) is 4.98 Å². The van der Waals surface area contributed by atoms with E-state index in [2.05, 4.69) is 36.2 Å². The minimum absolute atomic E-state index is 0.673. The molecule has 1 aromatic heterocycles. The molecular weight excluding hydrogens is 210 g/mol. The predicted molar refractivity (Wildman–Crippen MR) is 68.3 cm³/mol. The number of pyridine rings is 1. The molecule has 0 aliphatic heterocycles. The molecular formula is C15H15NO. The first-order valence-corrected chi connectivity index (χ1v) is 5.80. The third kappa shape index (κ3) is 2.78. The average molecular weight is 225 g/mol. The molecule has 2 nitrogen and oxygen atoms in total. The maximum atomic E-state index is 10.9. The maximum absolute atomic E-state index is 10.9. The Hall–Kier alpha value is -1.96. The monoisotopic (exact) mass is 225 g/mol. The van der Waals surface area contributed by atoms with Crippen LogP contribution in [0.2, 0.25) is 0 Å². The first kappa shape index (κ1) is 11.5. The first-order chi connectivity index (χ1) is 8.33. The van der Waals surface area contributed by atoms with E-state index in [0.29, 0.717) is 12.0 Å². The molecule has 0 N–H and O–H groups in total. The molecule has 0 aliphatic carbocycles. The summed E-state index contributed by atoms with van der Waals surface area (Å²) in [4.78, 5) is 15.1. The topological polar surface area (TPSA) is 30.0 Å². The number of hydrogen-bond acceptors (Lipinski definition) is 2. The highest BCUT2D eigenvalue weighted by Crippen LogP contribution is 2.12. The van der Waals surface area contributed by atoms with Crippen LogP contribution in [0.15, 0.2) is 42.6 Å². The van der Waals surface area contributed by atoms with Crippen molar-refractivity contribution in [2.24, 2.45) is 0 Å². The van der Waals surface area contributed by atoms with Crippen molar-refractivity contribution >= 4 is 6.29 Å². The summed E-state index contributed by atoms with van der Waals surface area (Å²) in [6, 6.07) is 12.0. The van der Waals surface area contributed by atoms with Gasteiger partial charge >= 0.3 is 0 Å². The van der Waals surface area contributed by atoms with Gasteiger partial charge in [-0.15, -0.1) is 0 Å². The van der Waals surface area contributed by atoms with Crippen LogP contribution in [0.1, 0.15) is 34.1 Å². The number of carbonyl (C=O) groups is 1. The molecule has 0 radical (unpaired) electrons. The van der Waals surface area contributed by atoms with Crippen molar-refractivity contribution in [2.75, 3.05) is 0 Å². The Balaban J connectivity index is 2.22. The molecule has 0 fully saturated rings. The number of hydrogen-bond donors (Lipinski definition) is 0. The molecule has 1 heterocycles. The largest absolute Gasteiger partial charge is 0.298 e. The molecule has 2 rings (SSSR count). The summed E-state index contributed by atoms with van der Waals surface area (Å²) in [7, 11) is 0. The fourth-order valence-corrected chi connectivity index (χ4v) is 1.79. The number of carbonyl (C=O) groups excluding carboxylic acids is 1. The Labute approximate surface area is 101 Å². The molecule has 0 saturated heterocycles. The number of aldehydes is 1. The smallest absolute Gasteiger partial charge is 0.151 e. The molecule has 0 bridgehead atoms. The number of nitrogens with zero attached hydrogens (tertiary/aromatic N) is 1. The van der Waals surface area contributed by atoms with Crippen LogP contribution in [0.3, 0.4) is 0 Å². The zero-order valence-electron chi connectivity index (χ0n) is 9.89. The summed E-state index contributed by atoms with van der Waals surface area (Å²) >= 11 is 0. The molecule has 0 spiro atoms. The summed E-state index contributed by atoms with van der Waals surface area (Å²) in [6.45, 7) is 2.14. The van der Waals surface area contributed by atoms with E-state index in [9.17, 15) is 4.79 Å². The summed E-state index contributed by atoms with van der Waals surface area (Å²) in [5.41, 5.74) is 4.02. The van der Waals surface area contributed by atoms with Crippen LogP contribution in [-0.4, -0.2) is 11.3 Å². The van der Waals surface area contributed by atoms with Gasteiger partial charge in [0.05, 0.1) is 5.69 Å². The molecule has 86 valence electrons. The number of rotatable bonds is 4. The molecule has 17 heavy (non-hydrogen) atoms. The SMILES string of the molecule is CCc1ccc(Cc2ncccc2C=O)cc1. The quantitative estimate of drug-likeness (QED) is 0.748. The minimum atomic E-state index is 0.673. The Kier molecular flexibility index (Phi) is 3.66. The first-order valence-electron chi connectivity index (χ1n) is 5.80. The summed E-state index contributed by atoms with van der Waals surface area (Å²) in [5, 5.41) is 0. The lowest BCUT2D eigenvalue weighted by Gasteiger charge is -2.04. The molecule has 0 amide bonds. The summed E-state index contributed by atoms with van der Waals surface area (Å²) < 4.78 is 0.